The number of carbonyl (C=O) groups is 1. The van der Waals surface area contributed by atoms with Gasteiger partial charge in [-0.25, -0.2) is 9.67 Å². The molecule has 5 rings (SSSR count). The largest absolute Gasteiger partial charge is 0.350 e. The minimum atomic E-state index is -0.238. The van der Waals surface area contributed by atoms with Crippen molar-refractivity contribution in [3.05, 3.63) is 77.0 Å². The Kier molecular flexibility index (Phi) is 4.80. The molecule has 1 aromatic carbocycles. The molecular weight excluding hydrogens is 400 g/mol. The van der Waals surface area contributed by atoms with Crippen LogP contribution in [0.25, 0.3) is 16.7 Å². The summed E-state index contributed by atoms with van der Waals surface area (Å²) in [6.07, 6.45) is 3.45. The van der Waals surface area contributed by atoms with E-state index in [0.717, 1.165) is 11.4 Å². The molecule has 3 aromatic heterocycles. The number of aromatic nitrogens is 5. The number of benzene rings is 1. The molecule has 1 aliphatic rings. The van der Waals surface area contributed by atoms with E-state index in [1.165, 1.54) is 11.8 Å². The van der Waals surface area contributed by atoms with E-state index in [-0.39, 0.29) is 23.9 Å². The number of thioether (sulfide) groups is 1. The van der Waals surface area contributed by atoms with Gasteiger partial charge >= 0.3 is 0 Å². The van der Waals surface area contributed by atoms with Crippen LogP contribution in [0.1, 0.15) is 18.2 Å². The second-order valence-corrected chi connectivity index (χ2v) is 7.95. The highest BCUT2D eigenvalue weighted by Gasteiger charge is 2.29. The molecule has 9 heteroatoms. The van der Waals surface area contributed by atoms with Crippen LogP contribution in [0.3, 0.4) is 0 Å². The van der Waals surface area contributed by atoms with E-state index in [0.29, 0.717) is 28.5 Å². The Morgan fingerprint density at radius 2 is 2.00 bits per heavy atom. The van der Waals surface area contributed by atoms with E-state index < -0.39 is 0 Å². The fraction of sp³-hybridized carbons (Fsp3) is 0.190. The van der Waals surface area contributed by atoms with Crippen molar-refractivity contribution in [1.29, 1.82) is 0 Å². The van der Waals surface area contributed by atoms with Gasteiger partial charge in [-0.3, -0.25) is 19.1 Å². The Hall–Kier alpha value is -3.46. The summed E-state index contributed by atoms with van der Waals surface area (Å²) in [5, 5.41) is 8.30. The molecule has 30 heavy (non-hydrogen) atoms. The number of nitrogens with zero attached hydrogens (tertiary/aromatic N) is 5. The number of amides is 1. The van der Waals surface area contributed by atoms with Crippen molar-refractivity contribution < 1.29 is 4.79 Å². The first-order chi connectivity index (χ1) is 14.7. The summed E-state index contributed by atoms with van der Waals surface area (Å²) in [7, 11) is 0. The third-order valence-corrected chi connectivity index (χ3v) is 6.08. The molecule has 4 heterocycles. The van der Waals surface area contributed by atoms with E-state index in [9.17, 15) is 9.59 Å². The molecule has 150 valence electrons. The molecule has 8 nitrogen and oxygen atoms in total. The summed E-state index contributed by atoms with van der Waals surface area (Å²) >= 11 is 1.49. The molecule has 1 unspecified atom stereocenters. The van der Waals surface area contributed by atoms with E-state index in [1.807, 2.05) is 48.5 Å². The molecule has 0 fully saturated rings. The van der Waals surface area contributed by atoms with Crippen LogP contribution >= 0.6 is 11.8 Å². The van der Waals surface area contributed by atoms with Gasteiger partial charge in [0.05, 0.1) is 30.2 Å². The van der Waals surface area contributed by atoms with Gasteiger partial charge in [-0.15, -0.1) is 0 Å². The molecule has 4 aromatic rings. The number of carbonyl (C=O) groups excluding carboxylic acids is 1. The van der Waals surface area contributed by atoms with Crippen LogP contribution < -0.4 is 10.9 Å². The molecule has 1 N–H and O–H groups in total. The van der Waals surface area contributed by atoms with E-state index in [2.05, 4.69) is 20.4 Å². The van der Waals surface area contributed by atoms with Gasteiger partial charge in [-0.1, -0.05) is 36.0 Å². The van der Waals surface area contributed by atoms with Crippen molar-refractivity contribution in [2.75, 3.05) is 5.75 Å². The molecule has 1 aliphatic heterocycles. The number of hydrogen-bond donors (Lipinski definition) is 1. The number of rotatable bonds is 5. The number of fused-ring (bicyclic) bond motifs is 2. The Labute approximate surface area is 176 Å². The highest BCUT2D eigenvalue weighted by atomic mass is 32.2. The number of nitrogens with one attached hydrogen (secondary N) is 1. The Balaban J connectivity index is 1.39. The quantitative estimate of drug-likeness (QED) is 0.500. The monoisotopic (exact) mass is 418 g/mol. The third kappa shape index (κ3) is 3.37. The lowest BCUT2D eigenvalue weighted by atomic mass is 10.2. The number of hydrogen-bond acceptors (Lipinski definition) is 6. The predicted octanol–water partition coefficient (Wildman–Crippen LogP) is 2.33. The van der Waals surface area contributed by atoms with E-state index >= 15 is 0 Å². The van der Waals surface area contributed by atoms with Crippen LogP contribution in [0.4, 0.5) is 0 Å². The Morgan fingerprint density at radius 3 is 2.80 bits per heavy atom. The van der Waals surface area contributed by atoms with Crippen molar-refractivity contribution in [3.8, 4) is 5.69 Å². The summed E-state index contributed by atoms with van der Waals surface area (Å²) in [5.74, 6) is 0.510. The first-order valence-corrected chi connectivity index (χ1v) is 10.5. The normalized spacial score (nSPS) is 15.3. The second kappa shape index (κ2) is 7.75. The second-order valence-electron chi connectivity index (χ2n) is 6.97. The molecule has 0 saturated carbocycles. The fourth-order valence-corrected chi connectivity index (χ4v) is 4.65. The molecule has 0 saturated heterocycles. The van der Waals surface area contributed by atoms with Crippen LogP contribution in [0.15, 0.2) is 70.9 Å². The lowest BCUT2D eigenvalue weighted by molar-refractivity contribution is -0.121. The predicted molar refractivity (Wildman–Crippen MR) is 114 cm³/mol. The maximum Gasteiger partial charge on any atom is 0.265 e. The van der Waals surface area contributed by atoms with Gasteiger partial charge in [0.15, 0.2) is 10.8 Å². The van der Waals surface area contributed by atoms with Gasteiger partial charge in [0.1, 0.15) is 5.39 Å². The van der Waals surface area contributed by atoms with Crippen molar-refractivity contribution in [3.63, 3.8) is 0 Å². The van der Waals surface area contributed by atoms with Crippen LogP contribution in [-0.2, 0) is 11.3 Å². The van der Waals surface area contributed by atoms with Crippen LogP contribution in [0, 0.1) is 0 Å². The Bertz CT molecular complexity index is 1270. The average molecular weight is 418 g/mol. The molecule has 1 amide bonds. The van der Waals surface area contributed by atoms with Gasteiger partial charge < -0.3 is 5.32 Å². The summed E-state index contributed by atoms with van der Waals surface area (Å²) in [4.78, 5) is 34.5. The fourth-order valence-electron chi connectivity index (χ4n) is 3.52. The standard InChI is InChI=1S/C21H18N6O2S/c28-18(23-11-14-6-4-5-9-22-14)10-16-13-30-21-25-19-17(20(29)26(16)21)12-24-27(19)15-7-2-1-3-8-15/h1-9,12,16H,10-11,13H2,(H,23,28). The maximum atomic E-state index is 13.2. The lowest BCUT2D eigenvalue weighted by Gasteiger charge is -2.13. The van der Waals surface area contributed by atoms with Crippen molar-refractivity contribution in [1.82, 2.24) is 29.6 Å². The smallest absolute Gasteiger partial charge is 0.265 e. The molecular formula is C21H18N6O2S. The van der Waals surface area contributed by atoms with Crippen LogP contribution in [0.5, 0.6) is 0 Å². The van der Waals surface area contributed by atoms with Gasteiger partial charge in [0, 0.05) is 18.4 Å². The molecule has 0 bridgehead atoms. The molecule has 0 spiro atoms. The van der Waals surface area contributed by atoms with Gasteiger partial charge in [0.25, 0.3) is 5.56 Å². The lowest BCUT2D eigenvalue weighted by Crippen LogP contribution is -2.30. The highest BCUT2D eigenvalue weighted by molar-refractivity contribution is 7.99. The zero-order valence-electron chi connectivity index (χ0n) is 15.9. The molecule has 0 radical (unpaired) electrons. The van der Waals surface area contributed by atoms with Crippen molar-refractivity contribution in [2.45, 2.75) is 24.2 Å². The summed E-state index contributed by atoms with van der Waals surface area (Å²) in [6.45, 7) is 0.364. The van der Waals surface area contributed by atoms with Crippen molar-refractivity contribution in [2.24, 2.45) is 0 Å². The highest BCUT2D eigenvalue weighted by Crippen LogP contribution is 2.33. The van der Waals surface area contributed by atoms with Gasteiger partial charge in [0.2, 0.25) is 5.91 Å². The van der Waals surface area contributed by atoms with Gasteiger partial charge in [-0.05, 0) is 24.3 Å². The zero-order valence-corrected chi connectivity index (χ0v) is 16.7. The average Bonchev–Trinajstić information content (AvgIpc) is 3.39. The Morgan fingerprint density at radius 1 is 1.17 bits per heavy atom. The maximum absolute atomic E-state index is 13.2. The van der Waals surface area contributed by atoms with Crippen LogP contribution in [-0.4, -0.2) is 36.0 Å². The SMILES string of the molecule is O=C(CC1CSc2nc3c(cnn3-c3ccccc3)c(=O)n21)NCc1ccccn1. The van der Waals surface area contributed by atoms with Crippen LogP contribution in [0.2, 0.25) is 0 Å². The van der Waals surface area contributed by atoms with E-state index in [1.54, 1.807) is 21.6 Å². The summed E-state index contributed by atoms with van der Waals surface area (Å²) in [5.41, 5.74) is 2.01. The summed E-state index contributed by atoms with van der Waals surface area (Å²) < 4.78 is 3.30. The first kappa shape index (κ1) is 18.6. The topological polar surface area (TPSA) is 94.7 Å². The number of pyridine rings is 1. The minimum absolute atomic E-state index is 0.119. The number of para-hydroxylation sites is 1. The summed E-state index contributed by atoms with van der Waals surface area (Å²) in [6, 6.07) is 14.9. The van der Waals surface area contributed by atoms with Crippen molar-refractivity contribution >= 4 is 28.7 Å². The molecule has 0 aliphatic carbocycles. The van der Waals surface area contributed by atoms with Gasteiger partial charge in [-0.2, -0.15) is 5.10 Å². The molecule has 1 atom stereocenters. The first-order valence-electron chi connectivity index (χ1n) is 9.56. The zero-order chi connectivity index (χ0) is 20.5. The van der Waals surface area contributed by atoms with E-state index in [4.69, 9.17) is 0 Å². The minimum Gasteiger partial charge on any atom is -0.350 e. The third-order valence-electron chi connectivity index (χ3n) is 4.99.